The lowest BCUT2D eigenvalue weighted by Gasteiger charge is -2.32. The molecule has 6 heterocycles. The summed E-state index contributed by atoms with van der Waals surface area (Å²) in [7, 11) is 0. The van der Waals surface area contributed by atoms with E-state index < -0.39 is 29.2 Å². The fourth-order valence-corrected chi connectivity index (χ4v) is 10.0. The van der Waals surface area contributed by atoms with Crippen LogP contribution in [0.25, 0.3) is 28.3 Å². The number of anilines is 1. The van der Waals surface area contributed by atoms with Crippen molar-refractivity contribution in [3.63, 3.8) is 0 Å². The lowest BCUT2D eigenvalue weighted by molar-refractivity contribution is -0.144. The van der Waals surface area contributed by atoms with Gasteiger partial charge in [0.05, 0.1) is 6.20 Å². The van der Waals surface area contributed by atoms with Crippen molar-refractivity contribution >= 4 is 23.0 Å². The Labute approximate surface area is 312 Å². The average molecular weight is 721 g/mol. The summed E-state index contributed by atoms with van der Waals surface area (Å²) in [6.45, 7) is 4.02. The van der Waals surface area contributed by atoms with Gasteiger partial charge in [-0.3, -0.25) is 9.59 Å². The van der Waals surface area contributed by atoms with Gasteiger partial charge in [0, 0.05) is 40.3 Å². The summed E-state index contributed by atoms with van der Waals surface area (Å²) in [6.07, 6.45) is 7.82. The number of ketones is 1. The molecule has 4 atom stereocenters. The molecule has 3 aromatic carbocycles. The van der Waals surface area contributed by atoms with E-state index in [-0.39, 0.29) is 24.0 Å². The highest BCUT2D eigenvalue weighted by Gasteiger charge is 2.62. The van der Waals surface area contributed by atoms with Gasteiger partial charge in [-0.1, -0.05) is 87.7 Å². The van der Waals surface area contributed by atoms with Gasteiger partial charge in [0.15, 0.2) is 29.2 Å². The molecule has 2 aromatic heterocycles. The molecule has 6 aliphatic rings. The summed E-state index contributed by atoms with van der Waals surface area (Å²) in [5, 5.41) is 18.5. The molecule has 54 heavy (non-hydrogen) atoms. The smallest absolute Gasteiger partial charge is 0.249 e. The highest BCUT2D eigenvalue weighted by Crippen LogP contribution is 2.61. The summed E-state index contributed by atoms with van der Waals surface area (Å²) in [4.78, 5) is 38.3. The van der Waals surface area contributed by atoms with Crippen LogP contribution in [-0.2, 0) is 27.8 Å². The molecule has 10 nitrogen and oxygen atoms in total. The van der Waals surface area contributed by atoms with Crippen LogP contribution in [0, 0.1) is 11.8 Å². The molecule has 4 aliphatic heterocycles. The molecule has 1 fully saturated rings. The Balaban J connectivity index is 1.17. The third kappa shape index (κ3) is 4.31. The number of allylic oxidation sites excluding steroid dienone is 1. The van der Waals surface area contributed by atoms with Gasteiger partial charge in [-0.05, 0) is 59.9 Å². The third-order valence-corrected chi connectivity index (χ3v) is 12.8. The van der Waals surface area contributed by atoms with E-state index in [1.807, 2.05) is 26.0 Å². The van der Waals surface area contributed by atoms with Crippen LogP contribution in [0.3, 0.4) is 0 Å². The molecule has 10 bridgehead atoms. The number of aliphatic hydroxyl groups is 1. The number of rotatable bonds is 4. The minimum atomic E-state index is -1.40. The van der Waals surface area contributed by atoms with Gasteiger partial charge in [0.1, 0.15) is 22.8 Å². The van der Waals surface area contributed by atoms with E-state index in [0.717, 1.165) is 70.3 Å². The molecule has 5 aromatic rings. The van der Waals surface area contributed by atoms with Gasteiger partial charge >= 0.3 is 0 Å². The number of nitrogens with one attached hydrogen (secondary N) is 2. The van der Waals surface area contributed by atoms with Crippen LogP contribution < -0.4 is 15.4 Å². The van der Waals surface area contributed by atoms with Crippen molar-refractivity contribution in [3.8, 4) is 28.5 Å². The van der Waals surface area contributed by atoms with Gasteiger partial charge in [-0.15, -0.1) is 0 Å². The first-order valence-corrected chi connectivity index (χ1v) is 19.3. The Morgan fingerprint density at radius 3 is 2.69 bits per heavy atom. The highest BCUT2D eigenvalue weighted by atomic mass is 16.5. The quantitative estimate of drug-likeness (QED) is 0.173. The van der Waals surface area contributed by atoms with Crippen LogP contribution in [0.15, 0.2) is 75.7 Å². The zero-order valence-electron chi connectivity index (χ0n) is 30.2. The number of aromatic nitrogens is 2. The zero-order valence-corrected chi connectivity index (χ0v) is 30.2. The van der Waals surface area contributed by atoms with E-state index >= 15 is 0 Å². The molecule has 2 aliphatic carbocycles. The van der Waals surface area contributed by atoms with Crippen molar-refractivity contribution in [1.82, 2.24) is 15.3 Å². The molecule has 1 spiro atoms. The van der Waals surface area contributed by atoms with Crippen LogP contribution in [0.2, 0.25) is 0 Å². The maximum Gasteiger partial charge on any atom is 0.249 e. The maximum absolute atomic E-state index is 14.4. The Morgan fingerprint density at radius 2 is 1.83 bits per heavy atom. The zero-order chi connectivity index (χ0) is 36.5. The molecule has 1 amide bonds. The molecule has 0 radical (unpaired) electrons. The van der Waals surface area contributed by atoms with Gasteiger partial charge in [-0.25, -0.2) is 9.97 Å². The minimum absolute atomic E-state index is 0.0688. The van der Waals surface area contributed by atoms with Crippen molar-refractivity contribution in [2.75, 3.05) is 5.32 Å². The van der Waals surface area contributed by atoms with Crippen molar-refractivity contribution in [1.29, 1.82) is 0 Å². The largest absolute Gasteiger partial charge is 0.469 e. The van der Waals surface area contributed by atoms with Crippen molar-refractivity contribution in [2.45, 2.75) is 88.5 Å². The SMILES string of the molecule is CC(C)[C@@H]1NC(=O)C(CC(=O)C2(O)CCCCC2)Cc2ccc3c(c2)C24c5cccc(c5N[C@H]2O3)-c2cccc3c2C(=CC3)c2cnc(o2)-c2nc1oc24. The molecule has 0 saturated heterocycles. The fourth-order valence-electron chi connectivity index (χ4n) is 10.0. The maximum atomic E-state index is 14.4. The van der Waals surface area contributed by atoms with E-state index in [9.17, 15) is 14.7 Å². The lowest BCUT2D eigenvalue weighted by atomic mass is 9.71. The number of fused-ring (bicyclic) bond motifs is 7. The summed E-state index contributed by atoms with van der Waals surface area (Å²) < 4.78 is 20.6. The average Bonchev–Trinajstić information content (AvgIpc) is 3.99. The lowest BCUT2D eigenvalue weighted by Crippen LogP contribution is -2.44. The number of amides is 1. The molecule has 1 saturated carbocycles. The molecule has 10 heteroatoms. The molecular formula is C44H40N4O6. The first-order valence-electron chi connectivity index (χ1n) is 19.3. The number of oxazole rings is 2. The van der Waals surface area contributed by atoms with E-state index in [1.165, 1.54) is 5.56 Å². The third-order valence-electron chi connectivity index (χ3n) is 12.8. The Hall–Kier alpha value is -5.48. The number of para-hydroxylation sites is 1. The molecule has 2 unspecified atom stereocenters. The van der Waals surface area contributed by atoms with E-state index in [0.29, 0.717) is 54.0 Å². The number of hydrogen-bond donors (Lipinski definition) is 3. The van der Waals surface area contributed by atoms with Crippen LogP contribution in [0.5, 0.6) is 5.75 Å². The summed E-state index contributed by atoms with van der Waals surface area (Å²) in [6, 6.07) is 18.2. The first-order chi connectivity index (χ1) is 26.2. The first kappa shape index (κ1) is 32.0. The second-order valence-corrected chi connectivity index (χ2v) is 16.3. The summed E-state index contributed by atoms with van der Waals surface area (Å²) in [5.74, 6) is 1.09. The molecule has 11 rings (SSSR count). The predicted octanol–water partition coefficient (Wildman–Crippen LogP) is 7.42. The normalized spacial score (nSPS) is 25.0. The van der Waals surface area contributed by atoms with Crippen LogP contribution in [0.1, 0.15) is 104 Å². The van der Waals surface area contributed by atoms with Gasteiger partial charge in [0.2, 0.25) is 17.7 Å². The predicted molar refractivity (Wildman–Crippen MR) is 200 cm³/mol. The van der Waals surface area contributed by atoms with E-state index in [1.54, 1.807) is 6.20 Å². The summed E-state index contributed by atoms with van der Waals surface area (Å²) in [5.41, 5.74) is 7.17. The number of benzene rings is 3. The topological polar surface area (TPSA) is 140 Å². The molecule has 272 valence electrons. The Morgan fingerprint density at radius 1 is 1.00 bits per heavy atom. The number of Topliss-reactive ketones (excluding diaryl/α,β-unsaturated/α-hetero) is 1. The minimum Gasteiger partial charge on any atom is -0.469 e. The number of hydrogen-bond acceptors (Lipinski definition) is 9. The van der Waals surface area contributed by atoms with Gasteiger partial charge in [-0.2, -0.15) is 0 Å². The second kappa shape index (κ2) is 11.3. The molecular weight excluding hydrogens is 681 g/mol. The van der Waals surface area contributed by atoms with E-state index in [4.69, 9.17) is 23.5 Å². The van der Waals surface area contributed by atoms with E-state index in [2.05, 4.69) is 59.2 Å². The standard InChI is InChI=1S/C44H40N4O6/c1-22(2)35-41-47-37-38(54-41)44-29-11-7-10-27(26-9-6-8-24-13-14-28(34(24)26)32-21-45-40(37)52-32)36(29)48-42(44)53-31-15-12-23(19-30(31)44)18-25(39(50)46-35)20-33(49)43(51)16-4-3-5-17-43/h6-12,14-15,19,21-22,25,35,42,48,51H,3-5,13,16-18,20H2,1-2H3,(H,46,50)/t25?,35-,42-,44?/m0/s1. The monoisotopic (exact) mass is 720 g/mol. The van der Waals surface area contributed by atoms with Gasteiger partial charge < -0.3 is 29.3 Å². The molecule has 3 N–H and O–H groups in total. The highest BCUT2D eigenvalue weighted by molar-refractivity contribution is 5.97. The number of carbonyl (C=O) groups excluding carboxylic acids is 2. The Bertz CT molecular complexity index is 2470. The van der Waals surface area contributed by atoms with Crippen molar-refractivity contribution in [3.05, 3.63) is 112 Å². The van der Waals surface area contributed by atoms with Crippen LogP contribution in [-0.4, -0.2) is 38.6 Å². The fraction of sp³-hybridized carbons (Fsp3) is 0.364. The summed E-state index contributed by atoms with van der Waals surface area (Å²) >= 11 is 0. The van der Waals surface area contributed by atoms with Gasteiger partial charge in [0.25, 0.3) is 0 Å². The van der Waals surface area contributed by atoms with Crippen molar-refractivity contribution < 1.29 is 28.3 Å². The van der Waals surface area contributed by atoms with Crippen molar-refractivity contribution in [2.24, 2.45) is 11.8 Å². The van der Waals surface area contributed by atoms with Crippen LogP contribution >= 0.6 is 0 Å². The number of carbonyl (C=O) groups is 2. The number of ether oxygens (including phenoxy) is 1. The van der Waals surface area contributed by atoms with Crippen LogP contribution in [0.4, 0.5) is 5.69 Å². The Kier molecular flexibility index (Phi) is 6.68. The second-order valence-electron chi connectivity index (χ2n) is 16.3. The number of nitrogens with zero attached hydrogens (tertiary/aromatic N) is 2.